The molecule has 0 aliphatic carbocycles. The predicted molar refractivity (Wildman–Crippen MR) is 112 cm³/mol. The van der Waals surface area contributed by atoms with Crippen molar-refractivity contribution in [3.8, 4) is 23.0 Å². The molecule has 2 aromatic carbocycles. The molecule has 0 radical (unpaired) electrons. The van der Waals surface area contributed by atoms with Gasteiger partial charge in [-0.25, -0.2) is 9.18 Å². The summed E-state index contributed by atoms with van der Waals surface area (Å²) >= 11 is 0. The summed E-state index contributed by atoms with van der Waals surface area (Å²) in [5.74, 6) is -0.701. The van der Waals surface area contributed by atoms with E-state index in [1.54, 1.807) is 12.1 Å². The van der Waals surface area contributed by atoms with Gasteiger partial charge in [-0.15, -0.1) is 0 Å². The van der Waals surface area contributed by atoms with E-state index in [-0.39, 0.29) is 30.3 Å². The summed E-state index contributed by atoms with van der Waals surface area (Å²) in [7, 11) is 1.45. The smallest absolute Gasteiger partial charge is 0.343 e. The van der Waals surface area contributed by atoms with Crippen molar-refractivity contribution < 1.29 is 32.9 Å². The van der Waals surface area contributed by atoms with Gasteiger partial charge in [-0.2, -0.15) is 0 Å². The number of halogens is 1. The summed E-state index contributed by atoms with van der Waals surface area (Å²) in [4.78, 5) is 25.5. The van der Waals surface area contributed by atoms with Crippen LogP contribution in [0, 0.1) is 12.7 Å². The molecule has 3 aromatic rings. The first-order valence-electron chi connectivity index (χ1n) is 9.72. The number of carbonyl (C=O) groups is 1. The molecule has 0 bridgehead atoms. The predicted octanol–water partition coefficient (Wildman–Crippen LogP) is 3.69. The number of aromatic hydroxyl groups is 1. The van der Waals surface area contributed by atoms with E-state index in [9.17, 15) is 19.1 Å². The molecule has 8 nitrogen and oxygen atoms in total. The fourth-order valence-electron chi connectivity index (χ4n) is 3.59. The number of hydrogen-bond acceptors (Lipinski definition) is 7. The fourth-order valence-corrected chi connectivity index (χ4v) is 3.59. The van der Waals surface area contributed by atoms with E-state index in [2.05, 4.69) is 5.32 Å². The minimum Gasteiger partial charge on any atom is -0.507 e. The van der Waals surface area contributed by atoms with Crippen molar-refractivity contribution in [2.24, 2.45) is 0 Å². The van der Waals surface area contributed by atoms with Gasteiger partial charge in [0.15, 0.2) is 11.5 Å². The lowest BCUT2D eigenvalue weighted by atomic mass is 9.88. The molecule has 1 amide bonds. The minimum absolute atomic E-state index is 0.00276. The Kier molecular flexibility index (Phi) is 5.72. The monoisotopic (exact) mass is 441 g/mol. The highest BCUT2D eigenvalue weighted by molar-refractivity contribution is 5.91. The highest BCUT2D eigenvalue weighted by Gasteiger charge is 2.29. The SMILES string of the molecule is COc1cc([C@@H](CC(=O)Nc2ccc(F)cc2)c2c(O)cc(C)oc2=O)cc2c1OCO2. The lowest BCUT2D eigenvalue weighted by Crippen LogP contribution is -2.21. The summed E-state index contributed by atoms with van der Waals surface area (Å²) in [5.41, 5.74) is 0.0230. The molecule has 1 aliphatic rings. The summed E-state index contributed by atoms with van der Waals surface area (Å²) in [5, 5.41) is 13.2. The average Bonchev–Trinajstić information content (AvgIpc) is 3.22. The van der Waals surface area contributed by atoms with Crippen LogP contribution in [-0.4, -0.2) is 24.9 Å². The van der Waals surface area contributed by atoms with Gasteiger partial charge in [-0.1, -0.05) is 0 Å². The molecule has 2 heterocycles. The number of carbonyl (C=O) groups excluding carboxylic acids is 1. The number of anilines is 1. The molecule has 166 valence electrons. The van der Waals surface area contributed by atoms with Crippen molar-refractivity contribution in [2.75, 3.05) is 19.2 Å². The molecule has 0 saturated heterocycles. The largest absolute Gasteiger partial charge is 0.507 e. The van der Waals surface area contributed by atoms with Gasteiger partial charge in [0, 0.05) is 24.1 Å². The number of fused-ring (bicyclic) bond motifs is 1. The van der Waals surface area contributed by atoms with Crippen LogP contribution in [0.25, 0.3) is 0 Å². The van der Waals surface area contributed by atoms with Crippen molar-refractivity contribution >= 4 is 11.6 Å². The molecule has 0 saturated carbocycles. The zero-order chi connectivity index (χ0) is 22.8. The van der Waals surface area contributed by atoms with Gasteiger partial charge in [-0.3, -0.25) is 4.79 Å². The maximum atomic E-state index is 13.2. The first-order chi connectivity index (χ1) is 15.4. The second-order valence-electron chi connectivity index (χ2n) is 7.21. The van der Waals surface area contributed by atoms with Crippen LogP contribution in [0.3, 0.4) is 0 Å². The second-order valence-corrected chi connectivity index (χ2v) is 7.21. The molecule has 0 fully saturated rings. The Hall–Kier alpha value is -4.01. The van der Waals surface area contributed by atoms with Crippen LogP contribution in [0.15, 0.2) is 51.7 Å². The van der Waals surface area contributed by atoms with E-state index in [4.69, 9.17) is 18.6 Å². The van der Waals surface area contributed by atoms with Crippen molar-refractivity contribution in [3.63, 3.8) is 0 Å². The van der Waals surface area contributed by atoms with Gasteiger partial charge in [0.25, 0.3) is 0 Å². The van der Waals surface area contributed by atoms with Gasteiger partial charge in [0.1, 0.15) is 17.3 Å². The summed E-state index contributed by atoms with van der Waals surface area (Å²) in [6, 6.07) is 9.83. The van der Waals surface area contributed by atoms with Crippen LogP contribution in [-0.2, 0) is 4.79 Å². The first-order valence-corrected chi connectivity index (χ1v) is 9.72. The zero-order valence-electron chi connectivity index (χ0n) is 17.3. The van der Waals surface area contributed by atoms with Crippen molar-refractivity contribution in [1.82, 2.24) is 0 Å². The van der Waals surface area contributed by atoms with E-state index < -0.39 is 23.3 Å². The molecular weight excluding hydrogens is 421 g/mol. The Morgan fingerprint density at radius 2 is 1.97 bits per heavy atom. The third-order valence-electron chi connectivity index (χ3n) is 5.04. The third-order valence-corrected chi connectivity index (χ3v) is 5.04. The van der Waals surface area contributed by atoms with Crippen LogP contribution in [0.2, 0.25) is 0 Å². The molecular formula is C23H20FNO7. The Bertz CT molecular complexity index is 1220. The summed E-state index contributed by atoms with van der Waals surface area (Å²) in [6.07, 6.45) is -0.221. The number of rotatable bonds is 6. The maximum Gasteiger partial charge on any atom is 0.343 e. The summed E-state index contributed by atoms with van der Waals surface area (Å²) in [6.45, 7) is 1.54. The lowest BCUT2D eigenvalue weighted by molar-refractivity contribution is -0.116. The molecule has 2 N–H and O–H groups in total. The zero-order valence-corrected chi connectivity index (χ0v) is 17.3. The van der Waals surface area contributed by atoms with Gasteiger partial charge in [0.2, 0.25) is 18.4 Å². The molecule has 4 rings (SSSR count). The van der Waals surface area contributed by atoms with Crippen molar-refractivity contribution in [3.05, 3.63) is 75.6 Å². The number of nitrogens with one attached hydrogen (secondary N) is 1. The fraction of sp³-hybridized carbons (Fsp3) is 0.217. The number of amides is 1. The van der Waals surface area contributed by atoms with E-state index in [0.29, 0.717) is 28.5 Å². The molecule has 1 aromatic heterocycles. The van der Waals surface area contributed by atoms with Crippen LogP contribution in [0.4, 0.5) is 10.1 Å². The highest BCUT2D eigenvalue weighted by atomic mass is 19.1. The van der Waals surface area contributed by atoms with E-state index in [1.807, 2.05) is 0 Å². The Labute approximate surface area is 182 Å². The molecule has 1 atom stereocenters. The maximum absolute atomic E-state index is 13.2. The van der Waals surface area contributed by atoms with Crippen LogP contribution >= 0.6 is 0 Å². The van der Waals surface area contributed by atoms with Crippen molar-refractivity contribution in [1.29, 1.82) is 0 Å². The van der Waals surface area contributed by atoms with E-state index in [0.717, 1.165) is 0 Å². The van der Waals surface area contributed by atoms with E-state index >= 15 is 0 Å². The number of ether oxygens (including phenoxy) is 3. The Balaban J connectivity index is 1.75. The third kappa shape index (κ3) is 4.22. The van der Waals surface area contributed by atoms with E-state index in [1.165, 1.54) is 44.4 Å². The molecule has 1 aliphatic heterocycles. The quantitative estimate of drug-likeness (QED) is 0.601. The summed E-state index contributed by atoms with van der Waals surface area (Å²) < 4.78 is 34.6. The van der Waals surface area contributed by atoms with Gasteiger partial charge in [-0.05, 0) is 48.9 Å². The molecule has 0 unspecified atom stereocenters. The number of hydrogen-bond donors (Lipinski definition) is 2. The van der Waals surface area contributed by atoms with Gasteiger partial charge >= 0.3 is 5.63 Å². The second kappa shape index (κ2) is 8.62. The van der Waals surface area contributed by atoms with Gasteiger partial charge in [0.05, 0.1) is 12.7 Å². The molecule has 32 heavy (non-hydrogen) atoms. The minimum atomic E-state index is -0.893. The average molecular weight is 441 g/mol. The Morgan fingerprint density at radius 3 is 2.66 bits per heavy atom. The topological polar surface area (TPSA) is 107 Å². The van der Waals surface area contributed by atoms with Gasteiger partial charge < -0.3 is 29.1 Å². The normalized spacial score (nSPS) is 13.0. The number of aryl methyl sites for hydroxylation is 1. The molecule has 0 spiro atoms. The highest BCUT2D eigenvalue weighted by Crippen LogP contribution is 2.45. The van der Waals surface area contributed by atoms with Crippen LogP contribution in [0.1, 0.15) is 29.2 Å². The Morgan fingerprint density at radius 1 is 1.22 bits per heavy atom. The first kappa shape index (κ1) is 21.2. The standard InChI is InChI=1S/C23H20FNO7/c1-12-7-17(26)21(23(28)32-12)16(10-20(27)25-15-5-3-14(24)4-6-15)13-8-18(29-2)22-19(9-13)30-11-31-22/h3-9,16,26H,10-11H2,1-2H3,(H,25,27)/t16-/m1/s1. The van der Waals surface area contributed by atoms with Crippen LogP contribution < -0.4 is 25.2 Å². The van der Waals surface area contributed by atoms with Crippen LogP contribution in [0.5, 0.6) is 23.0 Å². The molecule has 9 heteroatoms. The lowest BCUT2D eigenvalue weighted by Gasteiger charge is -2.19. The number of benzene rings is 2. The number of methoxy groups -OCH3 is 1. The van der Waals surface area contributed by atoms with Crippen molar-refractivity contribution in [2.45, 2.75) is 19.3 Å².